The number of aliphatic hydroxyl groups excluding tert-OH is 1. The van der Waals surface area contributed by atoms with Crippen molar-refractivity contribution in [3.8, 4) is 5.75 Å². The lowest BCUT2D eigenvalue weighted by Gasteiger charge is -2.36. The molecule has 4 N–H and O–H groups in total. The van der Waals surface area contributed by atoms with Gasteiger partial charge in [0.2, 0.25) is 5.91 Å². The average Bonchev–Trinajstić information content (AvgIpc) is 3.57. The number of nitrogens with one attached hydrogen (secondary N) is 3. The number of alkyl carbamates (subject to hydrolysis) is 1. The summed E-state index contributed by atoms with van der Waals surface area (Å²) in [6.07, 6.45) is 0.694. The zero-order chi connectivity index (χ0) is 42.7. The molecule has 1 aliphatic rings. The smallest absolute Gasteiger partial charge is 0.407 e. The zero-order valence-corrected chi connectivity index (χ0v) is 35.2. The van der Waals surface area contributed by atoms with Crippen LogP contribution in [0.2, 0.25) is 0 Å². The van der Waals surface area contributed by atoms with Crippen molar-refractivity contribution in [3.63, 3.8) is 0 Å². The Balaban J connectivity index is 1.40. The first-order valence-corrected chi connectivity index (χ1v) is 20.2. The number of aromatic nitrogens is 1. The van der Waals surface area contributed by atoms with Crippen LogP contribution in [0.25, 0.3) is 10.9 Å². The van der Waals surface area contributed by atoms with Gasteiger partial charge in [-0.05, 0) is 58.7 Å². The number of benzene rings is 3. The van der Waals surface area contributed by atoms with Crippen LogP contribution in [0.4, 0.5) is 9.59 Å². The van der Waals surface area contributed by atoms with Gasteiger partial charge in [-0.3, -0.25) is 20.0 Å². The number of urea groups is 1. The number of hydrazine groups is 1. The molecule has 2 heterocycles. The second-order valence-electron chi connectivity index (χ2n) is 16.2. The summed E-state index contributed by atoms with van der Waals surface area (Å²) in [5.41, 5.74) is 5.74. The normalized spacial score (nSPS) is 15.6. The van der Waals surface area contributed by atoms with Gasteiger partial charge in [-0.15, -0.1) is 0 Å². The minimum atomic E-state index is -1.21. The molecule has 0 bridgehead atoms. The van der Waals surface area contributed by atoms with Crippen LogP contribution in [-0.4, -0.2) is 107 Å². The fourth-order valence-electron chi connectivity index (χ4n) is 7.38. The van der Waals surface area contributed by atoms with Crippen molar-refractivity contribution in [1.82, 2.24) is 35.9 Å². The molecule has 4 aromatic rings. The Morgan fingerprint density at radius 3 is 2.25 bits per heavy atom. The van der Waals surface area contributed by atoms with E-state index in [-0.39, 0.29) is 37.4 Å². The predicted molar refractivity (Wildman–Crippen MR) is 226 cm³/mol. The van der Waals surface area contributed by atoms with Crippen molar-refractivity contribution in [2.45, 2.75) is 84.8 Å². The maximum Gasteiger partial charge on any atom is 0.407 e. The lowest BCUT2D eigenvalue weighted by molar-refractivity contribution is -0.132. The number of fused-ring (bicyclic) bond motifs is 1. The molecule has 1 fully saturated rings. The highest BCUT2D eigenvalue weighted by molar-refractivity contribution is 5.89. The van der Waals surface area contributed by atoms with Crippen LogP contribution in [0.3, 0.4) is 0 Å². The van der Waals surface area contributed by atoms with Gasteiger partial charge in [0.25, 0.3) is 5.91 Å². The number of nitrogens with zero attached hydrogens (tertiary/aromatic N) is 4. The second kappa shape index (κ2) is 20.3. The Morgan fingerprint density at radius 1 is 0.898 bits per heavy atom. The van der Waals surface area contributed by atoms with Crippen molar-refractivity contribution >= 4 is 34.8 Å². The molecule has 0 radical (unpaired) electrons. The van der Waals surface area contributed by atoms with E-state index in [1.807, 2.05) is 107 Å². The Labute approximate surface area is 347 Å². The van der Waals surface area contributed by atoms with E-state index in [0.717, 1.165) is 27.6 Å². The summed E-state index contributed by atoms with van der Waals surface area (Å²) in [5.74, 6) is -0.422. The number of carbonyl (C=O) groups excluding carboxylic acids is 4. The summed E-state index contributed by atoms with van der Waals surface area (Å²) in [5, 5.41) is 20.5. The standard InChI is InChI=1S/C45H59N7O7/c1-8-30(2)39(52-25-24-50(44(52)57)28-33-22-23-46-36-17-13-12-16-35(33)36)41(54)47-37(26-31-14-10-9-11-15-31)38(53)29-51(27-32-18-20-34(58-6)21-19-32)49-42(55)40(45(3,4)5)48-43(56)59-7/h9-23,30,37-40,53H,8,24-29H2,1-7H3,(H,47,54)(H,48,56)(H,49,55). The SMILES string of the molecule is CCC(C)C(C(=O)NC(Cc1ccccc1)C(O)CN(Cc1ccc(OC)cc1)NC(=O)C(NC(=O)OC)C(C)(C)C)N1CCN(Cc2ccnc3ccccc23)C1=O. The van der Waals surface area contributed by atoms with Gasteiger partial charge < -0.3 is 35.0 Å². The third-order valence-electron chi connectivity index (χ3n) is 10.9. The number of aliphatic hydroxyl groups is 1. The van der Waals surface area contributed by atoms with Crippen LogP contribution in [0.5, 0.6) is 5.75 Å². The highest BCUT2D eigenvalue weighted by Crippen LogP contribution is 2.26. The van der Waals surface area contributed by atoms with Crippen molar-refractivity contribution in [1.29, 1.82) is 0 Å². The minimum Gasteiger partial charge on any atom is -0.497 e. The monoisotopic (exact) mass is 809 g/mol. The van der Waals surface area contributed by atoms with E-state index < -0.39 is 41.6 Å². The number of para-hydroxylation sites is 1. The first kappa shape index (κ1) is 44.4. The molecule has 5 atom stereocenters. The molecule has 1 aliphatic heterocycles. The molecule has 1 saturated heterocycles. The molecule has 0 spiro atoms. The van der Waals surface area contributed by atoms with Gasteiger partial charge in [0, 0.05) is 44.3 Å². The Morgan fingerprint density at radius 2 is 1.59 bits per heavy atom. The van der Waals surface area contributed by atoms with E-state index in [4.69, 9.17) is 9.47 Å². The molecule has 1 aromatic heterocycles. The molecule has 0 saturated carbocycles. The summed E-state index contributed by atoms with van der Waals surface area (Å²) >= 11 is 0. The molecular formula is C45H59N7O7. The first-order chi connectivity index (χ1) is 28.2. The molecule has 59 heavy (non-hydrogen) atoms. The second-order valence-corrected chi connectivity index (χ2v) is 16.2. The summed E-state index contributed by atoms with van der Waals surface area (Å²) < 4.78 is 10.1. The minimum absolute atomic E-state index is 0.102. The van der Waals surface area contributed by atoms with Crippen LogP contribution < -0.4 is 20.8 Å². The van der Waals surface area contributed by atoms with Crippen LogP contribution in [0.15, 0.2) is 91.1 Å². The number of pyridine rings is 1. The van der Waals surface area contributed by atoms with Gasteiger partial charge in [-0.2, -0.15) is 0 Å². The number of hydrogen-bond donors (Lipinski definition) is 4. The lowest BCUT2D eigenvalue weighted by Crippen LogP contribution is -2.60. The van der Waals surface area contributed by atoms with Gasteiger partial charge in [0.1, 0.15) is 17.8 Å². The zero-order valence-electron chi connectivity index (χ0n) is 35.2. The van der Waals surface area contributed by atoms with Crippen molar-refractivity contribution in [3.05, 3.63) is 108 Å². The molecule has 0 aliphatic carbocycles. The molecule has 14 heteroatoms. The first-order valence-electron chi connectivity index (χ1n) is 20.2. The molecular weight excluding hydrogens is 751 g/mol. The third-order valence-corrected chi connectivity index (χ3v) is 10.9. The van der Waals surface area contributed by atoms with E-state index >= 15 is 0 Å². The summed E-state index contributed by atoms with van der Waals surface area (Å²) in [6, 6.07) is 23.7. The van der Waals surface area contributed by atoms with Gasteiger partial charge in [-0.1, -0.05) is 102 Å². The molecule has 5 unspecified atom stereocenters. The van der Waals surface area contributed by atoms with Gasteiger partial charge in [0.05, 0.1) is 31.9 Å². The van der Waals surface area contributed by atoms with Crippen LogP contribution in [0, 0.1) is 11.3 Å². The highest BCUT2D eigenvalue weighted by atomic mass is 16.5. The van der Waals surface area contributed by atoms with Crippen molar-refractivity contribution in [2.75, 3.05) is 33.9 Å². The van der Waals surface area contributed by atoms with E-state index in [1.54, 1.807) is 40.2 Å². The van der Waals surface area contributed by atoms with E-state index in [9.17, 15) is 24.3 Å². The fraction of sp³-hybridized carbons (Fsp3) is 0.444. The Hall–Kier alpha value is -5.73. The number of methoxy groups -OCH3 is 2. The Bertz CT molecular complexity index is 2020. The van der Waals surface area contributed by atoms with E-state index in [2.05, 4.69) is 21.0 Å². The van der Waals surface area contributed by atoms with Crippen LogP contribution in [-0.2, 0) is 33.8 Å². The summed E-state index contributed by atoms with van der Waals surface area (Å²) in [7, 11) is 2.80. The molecule has 5 rings (SSSR count). The molecule has 3 aromatic carbocycles. The van der Waals surface area contributed by atoms with Crippen molar-refractivity contribution < 1.29 is 33.8 Å². The number of ether oxygens (including phenoxy) is 2. The Kier molecular flexibility index (Phi) is 15.3. The molecule has 14 nitrogen and oxygen atoms in total. The van der Waals surface area contributed by atoms with E-state index in [1.165, 1.54) is 7.11 Å². The lowest BCUT2D eigenvalue weighted by atomic mass is 9.86. The maximum atomic E-state index is 14.6. The molecule has 5 amide bonds. The number of amides is 5. The maximum absolute atomic E-state index is 14.6. The van der Waals surface area contributed by atoms with Gasteiger partial charge >= 0.3 is 12.1 Å². The van der Waals surface area contributed by atoms with Crippen LogP contribution in [0.1, 0.15) is 57.7 Å². The third kappa shape index (κ3) is 11.7. The quantitative estimate of drug-likeness (QED) is 0.0979. The summed E-state index contributed by atoms with van der Waals surface area (Å²) in [4.78, 5) is 62.8. The van der Waals surface area contributed by atoms with E-state index in [0.29, 0.717) is 31.8 Å². The fourth-order valence-corrected chi connectivity index (χ4v) is 7.38. The van der Waals surface area contributed by atoms with Gasteiger partial charge in [0.15, 0.2) is 0 Å². The van der Waals surface area contributed by atoms with Crippen LogP contribution >= 0.6 is 0 Å². The predicted octanol–water partition coefficient (Wildman–Crippen LogP) is 5.29. The number of hydrogen-bond acceptors (Lipinski definition) is 9. The number of rotatable bonds is 18. The number of carbonyl (C=O) groups is 4. The largest absolute Gasteiger partial charge is 0.497 e. The highest BCUT2D eigenvalue weighted by Gasteiger charge is 2.41. The topological polar surface area (TPSA) is 166 Å². The van der Waals surface area contributed by atoms with Crippen molar-refractivity contribution in [2.24, 2.45) is 11.3 Å². The molecule has 316 valence electrons. The van der Waals surface area contributed by atoms with Gasteiger partial charge in [-0.25, -0.2) is 14.6 Å². The average molecular weight is 810 g/mol. The summed E-state index contributed by atoms with van der Waals surface area (Å²) in [6.45, 7) is 10.7.